The van der Waals surface area contributed by atoms with E-state index in [0.717, 1.165) is 32.0 Å². The Morgan fingerprint density at radius 2 is 1.93 bits per heavy atom. The van der Waals surface area contributed by atoms with Crippen molar-refractivity contribution in [2.75, 3.05) is 43.5 Å². The fraction of sp³-hybridized carbons (Fsp3) is 0.389. The van der Waals surface area contributed by atoms with Crippen molar-refractivity contribution in [3.05, 3.63) is 40.6 Å². The molecule has 2 heterocycles. The van der Waals surface area contributed by atoms with Crippen LogP contribution in [-0.2, 0) is 4.79 Å². The van der Waals surface area contributed by atoms with Crippen LogP contribution in [0.2, 0.25) is 10.0 Å². The van der Waals surface area contributed by atoms with Gasteiger partial charge in [-0.2, -0.15) is 4.98 Å². The van der Waals surface area contributed by atoms with Crippen LogP contribution in [0.1, 0.15) is 6.92 Å². The number of anilines is 2. The number of benzene rings is 1. The molecule has 1 atom stereocenters. The lowest BCUT2D eigenvalue weighted by atomic mass is 10.2. The SMILES string of the molecule is COc1cncc(N2CCN(C(C)C(=O)Nc3ccc(Cl)c(Cl)c3)CC2)n1. The average molecular weight is 410 g/mol. The molecule has 0 bridgehead atoms. The summed E-state index contributed by atoms with van der Waals surface area (Å²) < 4.78 is 5.13. The molecule has 0 saturated carbocycles. The molecule has 3 rings (SSSR count). The number of amides is 1. The van der Waals surface area contributed by atoms with Crippen LogP contribution in [0.25, 0.3) is 0 Å². The summed E-state index contributed by atoms with van der Waals surface area (Å²) in [6.07, 6.45) is 3.30. The number of nitrogens with zero attached hydrogens (tertiary/aromatic N) is 4. The molecule has 0 aliphatic carbocycles. The summed E-state index contributed by atoms with van der Waals surface area (Å²) in [6, 6.07) is 4.78. The van der Waals surface area contributed by atoms with E-state index in [-0.39, 0.29) is 11.9 Å². The molecule has 1 unspecified atom stereocenters. The molecule has 0 radical (unpaired) electrons. The zero-order valence-corrected chi connectivity index (χ0v) is 16.7. The Labute approximate surface area is 168 Å². The number of hydrogen-bond donors (Lipinski definition) is 1. The van der Waals surface area contributed by atoms with Gasteiger partial charge in [0.25, 0.3) is 0 Å². The average Bonchev–Trinajstić information content (AvgIpc) is 2.70. The first-order valence-electron chi connectivity index (χ1n) is 8.59. The second-order valence-electron chi connectivity index (χ2n) is 6.24. The molecule has 1 aliphatic heterocycles. The van der Waals surface area contributed by atoms with E-state index in [1.54, 1.807) is 37.7 Å². The third-order valence-corrected chi connectivity index (χ3v) is 5.30. The highest BCUT2D eigenvalue weighted by atomic mass is 35.5. The molecule has 1 aromatic heterocycles. The van der Waals surface area contributed by atoms with Crippen LogP contribution in [0.3, 0.4) is 0 Å². The Morgan fingerprint density at radius 1 is 1.19 bits per heavy atom. The van der Waals surface area contributed by atoms with Crippen molar-refractivity contribution in [2.24, 2.45) is 0 Å². The van der Waals surface area contributed by atoms with Gasteiger partial charge >= 0.3 is 0 Å². The summed E-state index contributed by atoms with van der Waals surface area (Å²) in [5.41, 5.74) is 0.631. The Hall–Kier alpha value is -2.09. The minimum Gasteiger partial charge on any atom is -0.480 e. The number of rotatable bonds is 5. The highest BCUT2D eigenvalue weighted by molar-refractivity contribution is 6.42. The van der Waals surface area contributed by atoms with Crippen molar-refractivity contribution in [2.45, 2.75) is 13.0 Å². The van der Waals surface area contributed by atoms with Gasteiger partial charge in [0.05, 0.1) is 35.6 Å². The second kappa shape index (κ2) is 8.73. The first kappa shape index (κ1) is 19.7. The largest absolute Gasteiger partial charge is 0.480 e. The molecule has 7 nitrogen and oxygen atoms in total. The molecule has 27 heavy (non-hydrogen) atoms. The standard InChI is InChI=1S/C18H21Cl2N5O2/c1-12(18(26)22-13-3-4-14(19)15(20)9-13)24-5-7-25(8-6-24)16-10-21-11-17(23-16)27-2/h3-4,9-12H,5-8H2,1-2H3,(H,22,26). The molecule has 1 aromatic carbocycles. The van der Waals surface area contributed by atoms with Gasteiger partial charge in [0.15, 0.2) is 5.82 Å². The van der Waals surface area contributed by atoms with Gasteiger partial charge in [-0.15, -0.1) is 0 Å². The van der Waals surface area contributed by atoms with E-state index < -0.39 is 0 Å². The zero-order valence-electron chi connectivity index (χ0n) is 15.2. The van der Waals surface area contributed by atoms with Crippen molar-refractivity contribution in [1.82, 2.24) is 14.9 Å². The number of carbonyl (C=O) groups excluding carboxylic acids is 1. The van der Waals surface area contributed by atoms with Gasteiger partial charge in [0.1, 0.15) is 0 Å². The normalized spacial score (nSPS) is 16.1. The Bertz CT molecular complexity index is 812. The number of halogens is 2. The van der Waals surface area contributed by atoms with Gasteiger partial charge in [-0.05, 0) is 25.1 Å². The fourth-order valence-electron chi connectivity index (χ4n) is 2.91. The maximum Gasteiger partial charge on any atom is 0.241 e. The van der Waals surface area contributed by atoms with Crippen molar-refractivity contribution in [3.8, 4) is 5.88 Å². The number of aromatic nitrogens is 2. The number of piperazine rings is 1. The number of nitrogens with one attached hydrogen (secondary N) is 1. The van der Waals surface area contributed by atoms with Crippen LogP contribution in [-0.4, -0.2) is 60.1 Å². The van der Waals surface area contributed by atoms with E-state index in [4.69, 9.17) is 27.9 Å². The third-order valence-electron chi connectivity index (χ3n) is 4.56. The maximum atomic E-state index is 12.6. The van der Waals surface area contributed by atoms with Gasteiger partial charge in [-0.1, -0.05) is 23.2 Å². The van der Waals surface area contributed by atoms with Crippen LogP contribution < -0.4 is 15.0 Å². The Kier molecular flexibility index (Phi) is 6.36. The van der Waals surface area contributed by atoms with E-state index >= 15 is 0 Å². The lowest BCUT2D eigenvalue weighted by Crippen LogP contribution is -2.53. The summed E-state index contributed by atoms with van der Waals surface area (Å²) >= 11 is 11.9. The maximum absolute atomic E-state index is 12.6. The second-order valence-corrected chi connectivity index (χ2v) is 7.05. The highest BCUT2D eigenvalue weighted by Gasteiger charge is 2.26. The van der Waals surface area contributed by atoms with Gasteiger partial charge in [0, 0.05) is 31.9 Å². The van der Waals surface area contributed by atoms with Gasteiger partial charge in [-0.3, -0.25) is 14.7 Å². The minimum atomic E-state index is -0.266. The van der Waals surface area contributed by atoms with E-state index in [9.17, 15) is 4.79 Å². The lowest BCUT2D eigenvalue weighted by molar-refractivity contribution is -0.120. The third kappa shape index (κ3) is 4.80. The molecule has 1 aliphatic rings. The van der Waals surface area contributed by atoms with Crippen molar-refractivity contribution < 1.29 is 9.53 Å². The first-order chi connectivity index (χ1) is 13.0. The molecule has 0 spiro atoms. The molecule has 1 saturated heterocycles. The molecule has 144 valence electrons. The van der Waals surface area contributed by atoms with Crippen LogP contribution >= 0.6 is 23.2 Å². The van der Waals surface area contributed by atoms with Crippen LogP contribution in [0.5, 0.6) is 5.88 Å². The quantitative estimate of drug-likeness (QED) is 0.818. The first-order valence-corrected chi connectivity index (χ1v) is 9.34. The Morgan fingerprint density at radius 3 is 2.59 bits per heavy atom. The lowest BCUT2D eigenvalue weighted by Gasteiger charge is -2.37. The van der Waals surface area contributed by atoms with E-state index in [0.29, 0.717) is 21.6 Å². The van der Waals surface area contributed by atoms with Crippen molar-refractivity contribution in [3.63, 3.8) is 0 Å². The topological polar surface area (TPSA) is 70.6 Å². The smallest absolute Gasteiger partial charge is 0.241 e. The number of methoxy groups -OCH3 is 1. The number of hydrogen-bond acceptors (Lipinski definition) is 6. The molecular weight excluding hydrogens is 389 g/mol. The number of carbonyl (C=O) groups is 1. The fourth-order valence-corrected chi connectivity index (χ4v) is 3.21. The van der Waals surface area contributed by atoms with E-state index in [1.165, 1.54) is 0 Å². The van der Waals surface area contributed by atoms with E-state index in [2.05, 4.69) is 25.1 Å². The predicted octanol–water partition coefficient (Wildman–Crippen LogP) is 2.94. The summed E-state index contributed by atoms with van der Waals surface area (Å²) in [6.45, 7) is 4.90. The molecule has 1 fully saturated rings. The van der Waals surface area contributed by atoms with Crippen LogP contribution in [0.15, 0.2) is 30.6 Å². The molecular formula is C18H21Cl2N5O2. The molecule has 2 aromatic rings. The van der Waals surface area contributed by atoms with Crippen molar-refractivity contribution >= 4 is 40.6 Å². The summed E-state index contributed by atoms with van der Waals surface area (Å²) in [5, 5.41) is 3.76. The minimum absolute atomic E-state index is 0.0805. The van der Waals surface area contributed by atoms with Gasteiger partial charge in [0.2, 0.25) is 11.8 Å². The van der Waals surface area contributed by atoms with Gasteiger partial charge < -0.3 is 15.0 Å². The molecule has 1 N–H and O–H groups in total. The summed E-state index contributed by atoms with van der Waals surface area (Å²) in [7, 11) is 1.57. The Balaban J connectivity index is 1.56. The van der Waals surface area contributed by atoms with E-state index in [1.807, 2.05) is 6.92 Å². The highest BCUT2D eigenvalue weighted by Crippen LogP contribution is 2.25. The monoisotopic (exact) mass is 409 g/mol. The van der Waals surface area contributed by atoms with Crippen LogP contribution in [0, 0.1) is 0 Å². The van der Waals surface area contributed by atoms with Crippen LogP contribution in [0.4, 0.5) is 11.5 Å². The van der Waals surface area contributed by atoms with Gasteiger partial charge in [-0.25, -0.2) is 0 Å². The number of ether oxygens (including phenoxy) is 1. The van der Waals surface area contributed by atoms with Crippen molar-refractivity contribution in [1.29, 1.82) is 0 Å². The predicted molar refractivity (Wildman–Crippen MR) is 107 cm³/mol. The summed E-state index contributed by atoms with van der Waals surface area (Å²) in [5.74, 6) is 1.19. The molecule has 1 amide bonds. The zero-order chi connectivity index (χ0) is 19.4. The summed E-state index contributed by atoms with van der Waals surface area (Å²) in [4.78, 5) is 25.4. The molecule has 9 heteroatoms.